The zero-order chi connectivity index (χ0) is 15.4. The Morgan fingerprint density at radius 2 is 2.09 bits per heavy atom. The third-order valence-electron chi connectivity index (χ3n) is 1.10. The molecule has 64 valence electrons. The van der Waals surface area contributed by atoms with Crippen molar-refractivity contribution in [2.75, 3.05) is 32.5 Å². The number of amides is 1. The van der Waals surface area contributed by atoms with Gasteiger partial charge in [0, 0.05) is 31.5 Å². The van der Waals surface area contributed by atoms with Gasteiger partial charge in [-0.3, -0.25) is 0 Å². The van der Waals surface area contributed by atoms with Gasteiger partial charge in [-0.25, -0.2) is 4.79 Å². The summed E-state index contributed by atoms with van der Waals surface area (Å²) < 4.78 is 60.9. The Morgan fingerprint density at radius 3 is 2.45 bits per heavy atom. The predicted molar refractivity (Wildman–Crippen MR) is 41.7 cm³/mol. The van der Waals surface area contributed by atoms with Crippen LogP contribution in [0.25, 0.3) is 0 Å². The van der Waals surface area contributed by atoms with Crippen LogP contribution in [0.1, 0.15) is 17.9 Å². The third kappa shape index (κ3) is 2.08. The molecule has 1 N–H and O–H groups in total. The van der Waals surface area contributed by atoms with Gasteiger partial charge >= 0.3 is 6.09 Å². The zero-order valence-corrected chi connectivity index (χ0v) is 5.96. The van der Waals surface area contributed by atoms with Crippen molar-refractivity contribution in [2.45, 2.75) is 6.92 Å². The largest absolute Gasteiger partial charge is 0.465 e. The van der Waals surface area contributed by atoms with E-state index in [1.165, 1.54) is 6.92 Å². The fraction of sp³-hybridized carbons (Fsp3) is 0.857. The summed E-state index contributed by atoms with van der Waals surface area (Å²) >= 11 is 0. The molecule has 0 saturated carbocycles. The molecular weight excluding hydrogens is 144 g/mol. The highest BCUT2D eigenvalue weighted by atomic mass is 16.4. The van der Waals surface area contributed by atoms with Crippen molar-refractivity contribution in [3.05, 3.63) is 0 Å². The summed E-state index contributed by atoms with van der Waals surface area (Å²) in [7, 11) is 0. The average Bonchev–Trinajstić information content (AvgIpc) is 2.13. The Labute approximate surface area is 77.6 Å². The molecule has 4 heteroatoms. The highest BCUT2D eigenvalue weighted by molar-refractivity contribution is 5.65. The maximum absolute atomic E-state index is 11.1. The van der Waals surface area contributed by atoms with Gasteiger partial charge in [-0.2, -0.15) is 0 Å². The SMILES string of the molecule is [2H]C1([2H])N(CC)C([2H])([2H])C([2H])([2H])N(C(=O)O)C1([2H])[2H]. The lowest BCUT2D eigenvalue weighted by Crippen LogP contribution is -2.47. The Hall–Kier alpha value is -0.770. The number of hydrogen-bond donors (Lipinski definition) is 1. The van der Waals surface area contributed by atoms with E-state index in [1.54, 1.807) is 0 Å². The molecule has 1 fully saturated rings. The molecule has 11 heavy (non-hydrogen) atoms. The number of carbonyl (C=O) groups is 1. The lowest BCUT2D eigenvalue weighted by molar-refractivity contribution is 0.108. The molecule has 0 bridgehead atoms. The lowest BCUT2D eigenvalue weighted by atomic mass is 10.3. The van der Waals surface area contributed by atoms with E-state index in [1.807, 2.05) is 0 Å². The first-order valence-corrected chi connectivity index (χ1v) is 3.07. The minimum Gasteiger partial charge on any atom is -0.465 e. The molecule has 1 heterocycles. The molecule has 0 radical (unpaired) electrons. The van der Waals surface area contributed by atoms with Crippen molar-refractivity contribution in [2.24, 2.45) is 0 Å². The Kier molecular flexibility index (Phi) is 0.852. The molecule has 0 aromatic carbocycles. The molecule has 0 unspecified atom stereocenters. The zero-order valence-electron chi connectivity index (χ0n) is 14.0. The van der Waals surface area contributed by atoms with Crippen molar-refractivity contribution in [3.63, 3.8) is 0 Å². The number of piperazine rings is 1. The van der Waals surface area contributed by atoms with Crippen LogP contribution in [0.3, 0.4) is 0 Å². The highest BCUT2D eigenvalue weighted by Gasteiger charge is 2.18. The van der Waals surface area contributed by atoms with Crippen molar-refractivity contribution >= 4 is 6.09 Å². The van der Waals surface area contributed by atoms with Crippen molar-refractivity contribution < 1.29 is 20.9 Å². The molecule has 0 aromatic rings. The summed E-state index contributed by atoms with van der Waals surface area (Å²) in [6.07, 6.45) is -2.07. The molecular formula is C7H14N2O2. The first-order chi connectivity index (χ1) is 8.26. The van der Waals surface area contributed by atoms with E-state index >= 15 is 0 Å². The Bertz CT molecular complexity index is 371. The summed E-state index contributed by atoms with van der Waals surface area (Å²) in [6, 6.07) is 0. The molecule has 1 aliphatic heterocycles. The number of carboxylic acid groups (broad SMARTS) is 1. The maximum atomic E-state index is 11.1. The number of rotatable bonds is 1. The molecule has 1 amide bonds. The van der Waals surface area contributed by atoms with Gasteiger partial charge in [0.1, 0.15) is 0 Å². The second-order valence-electron chi connectivity index (χ2n) is 1.81. The van der Waals surface area contributed by atoms with Crippen LogP contribution in [-0.4, -0.2) is 53.5 Å². The molecule has 1 saturated heterocycles. The monoisotopic (exact) mass is 166 g/mol. The molecule has 1 aliphatic rings. The van der Waals surface area contributed by atoms with Crippen LogP contribution in [0.15, 0.2) is 0 Å². The van der Waals surface area contributed by atoms with Crippen LogP contribution in [-0.2, 0) is 0 Å². The van der Waals surface area contributed by atoms with Crippen molar-refractivity contribution in [3.8, 4) is 0 Å². The van der Waals surface area contributed by atoms with Crippen molar-refractivity contribution in [1.29, 1.82) is 0 Å². The van der Waals surface area contributed by atoms with Crippen LogP contribution in [0.4, 0.5) is 4.79 Å². The number of nitrogens with zero attached hydrogens (tertiary/aromatic N) is 2. The highest BCUT2D eigenvalue weighted by Crippen LogP contribution is 2.00. The first kappa shape index (κ1) is 2.62. The van der Waals surface area contributed by atoms with Gasteiger partial charge in [-0.15, -0.1) is 0 Å². The molecule has 4 nitrogen and oxygen atoms in total. The third-order valence-corrected chi connectivity index (χ3v) is 1.10. The lowest BCUT2D eigenvalue weighted by Gasteiger charge is -2.32. The number of hydrogen-bond acceptors (Lipinski definition) is 2. The summed E-state index contributed by atoms with van der Waals surface area (Å²) in [6.45, 7) is -11.5. The van der Waals surface area contributed by atoms with E-state index in [4.69, 9.17) is 16.1 Å². The van der Waals surface area contributed by atoms with E-state index in [9.17, 15) is 4.79 Å². The minimum atomic E-state index is -3.25. The topological polar surface area (TPSA) is 43.8 Å². The van der Waals surface area contributed by atoms with Gasteiger partial charge in [0.2, 0.25) is 0 Å². The van der Waals surface area contributed by atoms with Gasteiger partial charge in [0.15, 0.2) is 0 Å². The first-order valence-electron chi connectivity index (χ1n) is 7.07. The average molecular weight is 166 g/mol. The van der Waals surface area contributed by atoms with E-state index in [0.717, 1.165) is 0 Å². The summed E-state index contributed by atoms with van der Waals surface area (Å²) in [5.41, 5.74) is 0. The summed E-state index contributed by atoms with van der Waals surface area (Å²) in [5, 5.41) is 8.93. The van der Waals surface area contributed by atoms with Crippen LogP contribution < -0.4 is 0 Å². The Morgan fingerprint density at radius 1 is 1.55 bits per heavy atom. The van der Waals surface area contributed by atoms with E-state index in [2.05, 4.69) is 0 Å². The van der Waals surface area contributed by atoms with Crippen LogP contribution >= 0.6 is 0 Å². The van der Waals surface area contributed by atoms with Crippen LogP contribution in [0.2, 0.25) is 0 Å². The van der Waals surface area contributed by atoms with Crippen LogP contribution in [0.5, 0.6) is 0 Å². The molecule has 0 atom stereocenters. The number of likely N-dealkylation sites (N-methyl/N-ethyl adjacent to an activating group) is 1. The smallest absolute Gasteiger partial charge is 0.407 e. The molecule has 0 aromatic heterocycles. The molecule has 1 rings (SSSR count). The Balaban J connectivity index is 3.59. The summed E-state index contributed by atoms with van der Waals surface area (Å²) in [4.78, 5) is 11.0. The van der Waals surface area contributed by atoms with Gasteiger partial charge < -0.3 is 14.9 Å². The fourth-order valence-corrected chi connectivity index (χ4v) is 0.530. The quantitative estimate of drug-likeness (QED) is 0.609. The van der Waals surface area contributed by atoms with Crippen molar-refractivity contribution in [1.82, 2.24) is 9.80 Å². The van der Waals surface area contributed by atoms with Gasteiger partial charge in [-0.1, -0.05) is 6.92 Å². The minimum absolute atomic E-state index is 0.327. The van der Waals surface area contributed by atoms with Crippen LogP contribution in [0, 0.1) is 0 Å². The van der Waals surface area contributed by atoms with E-state index in [0.29, 0.717) is 4.90 Å². The normalized spacial score (nSPS) is 49.4. The van der Waals surface area contributed by atoms with E-state index in [-0.39, 0.29) is 6.54 Å². The second-order valence-corrected chi connectivity index (χ2v) is 1.81. The fourth-order valence-electron chi connectivity index (χ4n) is 0.530. The van der Waals surface area contributed by atoms with E-state index < -0.39 is 37.0 Å². The van der Waals surface area contributed by atoms with Gasteiger partial charge in [0.25, 0.3) is 0 Å². The maximum Gasteiger partial charge on any atom is 0.407 e. The standard InChI is InChI=1S/C7H14N2O2/c1-2-8-3-5-9(6-4-8)7(10)11/h2-6H2,1H3,(H,10,11)/i3D2,4D2,5D2,6D2. The molecule has 0 spiro atoms. The second kappa shape index (κ2) is 3.57. The van der Waals surface area contributed by atoms with Gasteiger partial charge in [-0.05, 0) is 6.54 Å². The van der Waals surface area contributed by atoms with Gasteiger partial charge in [0.05, 0.1) is 5.48 Å². The predicted octanol–water partition coefficient (Wildman–Crippen LogP) is 0.302. The summed E-state index contributed by atoms with van der Waals surface area (Å²) in [5.74, 6) is 0. The molecule has 0 aliphatic carbocycles.